The number of amides is 2. The van der Waals surface area contributed by atoms with E-state index in [1.807, 2.05) is 0 Å². The summed E-state index contributed by atoms with van der Waals surface area (Å²) in [5.74, 6) is 2.22. The first-order valence-corrected chi connectivity index (χ1v) is 17.0. The molecule has 4 aliphatic rings. The van der Waals surface area contributed by atoms with Gasteiger partial charge >= 0.3 is 0 Å². The Bertz CT molecular complexity index is 870. The molecular formula is C30H52N2O4S. The van der Waals surface area contributed by atoms with Gasteiger partial charge in [-0.1, -0.05) is 19.3 Å². The fourth-order valence-corrected chi connectivity index (χ4v) is 9.27. The van der Waals surface area contributed by atoms with Crippen LogP contribution in [0, 0.1) is 23.7 Å². The molecule has 0 heterocycles. The van der Waals surface area contributed by atoms with Crippen LogP contribution >= 0.6 is 0 Å². The van der Waals surface area contributed by atoms with Gasteiger partial charge in [-0.25, -0.2) is 8.42 Å². The highest BCUT2D eigenvalue weighted by Crippen LogP contribution is 2.36. The maximum atomic E-state index is 13.6. The third-order valence-electron chi connectivity index (χ3n) is 9.62. The maximum Gasteiger partial charge on any atom is 0.226 e. The maximum absolute atomic E-state index is 13.6. The van der Waals surface area contributed by atoms with E-state index in [0.717, 1.165) is 57.9 Å². The number of nitrogens with one attached hydrogen (secondary N) is 1. The Kier molecular flexibility index (Phi) is 9.67. The lowest BCUT2D eigenvalue weighted by Gasteiger charge is -2.42. The van der Waals surface area contributed by atoms with Crippen molar-refractivity contribution in [1.82, 2.24) is 10.2 Å². The highest BCUT2D eigenvalue weighted by Gasteiger charge is 2.37. The van der Waals surface area contributed by atoms with Gasteiger partial charge in [-0.15, -0.1) is 0 Å². The van der Waals surface area contributed by atoms with Crippen molar-refractivity contribution in [2.75, 3.05) is 12.3 Å². The van der Waals surface area contributed by atoms with Gasteiger partial charge in [0.2, 0.25) is 11.8 Å². The normalized spacial score (nSPS) is 30.0. The smallest absolute Gasteiger partial charge is 0.226 e. The molecule has 0 radical (unpaired) electrons. The summed E-state index contributed by atoms with van der Waals surface area (Å²) in [7, 11) is -2.96. The van der Waals surface area contributed by atoms with Crippen LogP contribution in [0.2, 0.25) is 0 Å². The minimum atomic E-state index is -2.96. The largest absolute Gasteiger partial charge is 0.353 e. The van der Waals surface area contributed by atoms with E-state index in [0.29, 0.717) is 48.7 Å². The Hall–Kier alpha value is -1.11. The first-order valence-electron chi connectivity index (χ1n) is 15.3. The van der Waals surface area contributed by atoms with E-state index in [1.165, 1.54) is 32.1 Å². The molecule has 37 heavy (non-hydrogen) atoms. The molecule has 2 amide bonds. The van der Waals surface area contributed by atoms with Gasteiger partial charge in [-0.05, 0) is 116 Å². The summed E-state index contributed by atoms with van der Waals surface area (Å²) in [6.07, 6.45) is 15.6. The second kappa shape index (κ2) is 12.4. The molecule has 0 aromatic rings. The molecule has 0 aliphatic heterocycles. The van der Waals surface area contributed by atoms with E-state index >= 15 is 0 Å². The lowest BCUT2D eigenvalue weighted by atomic mass is 9.82. The van der Waals surface area contributed by atoms with Crippen molar-refractivity contribution in [3.8, 4) is 0 Å². The Labute approximate surface area is 226 Å². The third kappa shape index (κ3) is 8.44. The molecule has 0 spiro atoms. The summed E-state index contributed by atoms with van der Waals surface area (Å²) in [6.45, 7) is 7.38. The van der Waals surface area contributed by atoms with Crippen molar-refractivity contribution in [2.24, 2.45) is 23.7 Å². The highest BCUT2D eigenvalue weighted by molar-refractivity contribution is 7.92. The van der Waals surface area contributed by atoms with Gasteiger partial charge in [0, 0.05) is 30.5 Å². The summed E-state index contributed by atoms with van der Waals surface area (Å²) < 4.78 is 25.2. The molecule has 0 bridgehead atoms. The molecule has 0 unspecified atom stereocenters. The van der Waals surface area contributed by atoms with Crippen LogP contribution in [0.15, 0.2) is 0 Å². The van der Waals surface area contributed by atoms with Crippen molar-refractivity contribution in [3.05, 3.63) is 0 Å². The second-order valence-electron chi connectivity index (χ2n) is 13.9. The minimum absolute atomic E-state index is 0.0730. The van der Waals surface area contributed by atoms with E-state index in [-0.39, 0.29) is 28.7 Å². The Morgan fingerprint density at radius 2 is 1.35 bits per heavy atom. The molecule has 0 saturated heterocycles. The van der Waals surface area contributed by atoms with Crippen LogP contribution in [-0.4, -0.2) is 54.3 Å². The molecule has 7 heteroatoms. The van der Waals surface area contributed by atoms with Gasteiger partial charge in [-0.3, -0.25) is 9.59 Å². The van der Waals surface area contributed by atoms with Gasteiger partial charge in [-0.2, -0.15) is 0 Å². The summed E-state index contributed by atoms with van der Waals surface area (Å²) in [5.41, 5.74) is -0.157. The average Bonchev–Trinajstić information content (AvgIpc) is 3.66. The third-order valence-corrected chi connectivity index (χ3v) is 12.0. The minimum Gasteiger partial charge on any atom is -0.353 e. The first kappa shape index (κ1) is 28.9. The molecule has 1 N–H and O–H groups in total. The van der Waals surface area contributed by atoms with E-state index < -0.39 is 9.84 Å². The molecule has 0 aromatic heterocycles. The molecule has 212 valence electrons. The number of hydrogen-bond donors (Lipinski definition) is 1. The Morgan fingerprint density at radius 1 is 0.757 bits per heavy atom. The molecular weight excluding hydrogens is 484 g/mol. The fourth-order valence-electron chi connectivity index (χ4n) is 7.02. The zero-order chi connectivity index (χ0) is 26.6. The lowest BCUT2D eigenvalue weighted by molar-refractivity contribution is -0.142. The first-order chi connectivity index (χ1) is 17.5. The zero-order valence-electron chi connectivity index (χ0n) is 23.7. The topological polar surface area (TPSA) is 83.6 Å². The summed E-state index contributed by atoms with van der Waals surface area (Å²) in [6, 6.07) is 0.160. The number of nitrogens with zero attached hydrogens (tertiary/aromatic N) is 1. The summed E-state index contributed by atoms with van der Waals surface area (Å²) >= 11 is 0. The number of carbonyl (C=O) groups is 2. The predicted octanol–water partition coefficient (Wildman–Crippen LogP) is 5.64. The quantitative estimate of drug-likeness (QED) is 0.413. The van der Waals surface area contributed by atoms with E-state index in [4.69, 9.17) is 0 Å². The lowest BCUT2D eigenvalue weighted by Crippen LogP contribution is -2.51. The van der Waals surface area contributed by atoms with Gasteiger partial charge in [0.25, 0.3) is 0 Å². The van der Waals surface area contributed by atoms with Crippen LogP contribution in [0.25, 0.3) is 0 Å². The Balaban J connectivity index is 1.18. The van der Waals surface area contributed by atoms with Crippen LogP contribution in [0.3, 0.4) is 0 Å². The van der Waals surface area contributed by atoms with Crippen molar-refractivity contribution in [2.45, 2.75) is 140 Å². The van der Waals surface area contributed by atoms with Crippen LogP contribution in [0.4, 0.5) is 0 Å². The molecule has 6 nitrogen and oxygen atoms in total. The van der Waals surface area contributed by atoms with Gasteiger partial charge < -0.3 is 10.2 Å². The molecule has 4 rings (SSSR count). The zero-order valence-corrected chi connectivity index (χ0v) is 24.5. The van der Waals surface area contributed by atoms with Gasteiger partial charge in [0.1, 0.15) is 0 Å². The molecule has 4 aliphatic carbocycles. The standard InChI is InChI=1S/C30H52N2O4S/c1-30(2,3)32(20-23-7-5-4-6-8-23)29(34)25-13-15-26(16-14-25)31-28(33)19-22-11-17-27(18-12-22)37(35,36)21-24-9-10-24/h22-27H,4-21H2,1-3H3,(H,31,33). The van der Waals surface area contributed by atoms with Crippen LogP contribution in [-0.2, 0) is 19.4 Å². The fraction of sp³-hybridized carbons (Fsp3) is 0.933. The van der Waals surface area contributed by atoms with Crippen molar-refractivity contribution in [3.63, 3.8) is 0 Å². The molecule has 0 atom stereocenters. The average molecular weight is 537 g/mol. The predicted molar refractivity (Wildman–Crippen MR) is 149 cm³/mol. The summed E-state index contributed by atoms with van der Waals surface area (Å²) in [5, 5.41) is 3.06. The monoisotopic (exact) mass is 536 g/mol. The molecule has 4 fully saturated rings. The molecule has 0 aromatic carbocycles. The van der Waals surface area contributed by atoms with Crippen molar-refractivity contribution in [1.29, 1.82) is 0 Å². The number of carbonyl (C=O) groups excluding carboxylic acids is 2. The van der Waals surface area contributed by atoms with Crippen LogP contribution < -0.4 is 5.32 Å². The van der Waals surface area contributed by atoms with Gasteiger partial charge in [0.15, 0.2) is 9.84 Å². The van der Waals surface area contributed by atoms with Crippen molar-refractivity contribution >= 4 is 21.7 Å². The van der Waals surface area contributed by atoms with Crippen LogP contribution in [0.5, 0.6) is 0 Å². The number of rotatable bonds is 9. The van der Waals surface area contributed by atoms with Gasteiger partial charge in [0.05, 0.1) is 11.0 Å². The number of sulfone groups is 1. The highest BCUT2D eigenvalue weighted by atomic mass is 32.2. The van der Waals surface area contributed by atoms with E-state index in [1.54, 1.807) is 0 Å². The van der Waals surface area contributed by atoms with Crippen molar-refractivity contribution < 1.29 is 18.0 Å². The Morgan fingerprint density at radius 3 is 1.92 bits per heavy atom. The van der Waals surface area contributed by atoms with Crippen LogP contribution in [0.1, 0.15) is 124 Å². The molecule has 4 saturated carbocycles. The SMILES string of the molecule is CC(C)(C)N(CC1CCCCC1)C(=O)C1CCC(NC(=O)CC2CCC(S(=O)(=O)CC3CC3)CC2)CC1. The summed E-state index contributed by atoms with van der Waals surface area (Å²) in [4.78, 5) is 28.5. The number of hydrogen-bond acceptors (Lipinski definition) is 4. The van der Waals surface area contributed by atoms with E-state index in [2.05, 4.69) is 31.0 Å². The van der Waals surface area contributed by atoms with E-state index in [9.17, 15) is 18.0 Å². The second-order valence-corrected chi connectivity index (χ2v) is 16.2.